The molecule has 0 unspecified atom stereocenters. The van der Waals surface area contributed by atoms with E-state index in [-0.39, 0.29) is 0 Å². The van der Waals surface area contributed by atoms with Crippen molar-refractivity contribution >= 4 is 26.8 Å². The summed E-state index contributed by atoms with van der Waals surface area (Å²) < 4.78 is 0. The number of benzene rings is 1. The molecule has 0 saturated carbocycles. The molecule has 0 atom stereocenters. The van der Waals surface area contributed by atoms with Gasteiger partial charge in [-0.1, -0.05) is 34.1 Å². The standard InChI is InChI=1S/C10H10BrN/c11-6-4-8-2-1-3-9-5-7-12-10(8)9/h1-3,5,7,12H,4,6H2. The lowest BCUT2D eigenvalue weighted by Gasteiger charge is -1.99. The highest BCUT2D eigenvalue weighted by molar-refractivity contribution is 9.09. The predicted molar refractivity (Wildman–Crippen MR) is 55.8 cm³/mol. The number of alkyl halides is 1. The van der Waals surface area contributed by atoms with Crippen molar-refractivity contribution in [2.24, 2.45) is 0 Å². The van der Waals surface area contributed by atoms with Gasteiger partial charge < -0.3 is 4.98 Å². The molecule has 0 saturated heterocycles. The third kappa shape index (κ3) is 1.27. The van der Waals surface area contributed by atoms with Crippen LogP contribution in [0.3, 0.4) is 0 Å². The number of rotatable bonds is 2. The van der Waals surface area contributed by atoms with E-state index in [2.05, 4.69) is 45.2 Å². The summed E-state index contributed by atoms with van der Waals surface area (Å²) >= 11 is 3.45. The Morgan fingerprint density at radius 2 is 2.17 bits per heavy atom. The number of halogens is 1. The maximum Gasteiger partial charge on any atom is 0.0486 e. The summed E-state index contributed by atoms with van der Waals surface area (Å²) in [6, 6.07) is 8.50. The molecule has 12 heavy (non-hydrogen) atoms. The molecule has 0 fully saturated rings. The Morgan fingerprint density at radius 1 is 1.25 bits per heavy atom. The minimum absolute atomic E-state index is 1.02. The monoisotopic (exact) mass is 223 g/mol. The van der Waals surface area contributed by atoms with E-state index in [1.165, 1.54) is 16.5 Å². The summed E-state index contributed by atoms with van der Waals surface area (Å²) in [5, 5.41) is 2.32. The van der Waals surface area contributed by atoms with Crippen LogP contribution in [-0.4, -0.2) is 10.3 Å². The van der Waals surface area contributed by atoms with Crippen LogP contribution >= 0.6 is 15.9 Å². The first-order valence-corrected chi connectivity index (χ1v) is 5.15. The second-order valence-corrected chi connectivity index (χ2v) is 3.59. The number of aromatic nitrogens is 1. The van der Waals surface area contributed by atoms with Gasteiger partial charge in [0, 0.05) is 17.0 Å². The molecule has 0 aliphatic heterocycles. The fourth-order valence-corrected chi connectivity index (χ4v) is 1.89. The first kappa shape index (κ1) is 7.87. The number of para-hydroxylation sites is 1. The van der Waals surface area contributed by atoms with Crippen molar-refractivity contribution in [1.82, 2.24) is 4.98 Å². The van der Waals surface area contributed by atoms with Crippen molar-refractivity contribution in [3.8, 4) is 0 Å². The van der Waals surface area contributed by atoms with Gasteiger partial charge in [0.1, 0.15) is 0 Å². The zero-order chi connectivity index (χ0) is 8.39. The largest absolute Gasteiger partial charge is 0.361 e. The van der Waals surface area contributed by atoms with Gasteiger partial charge in [0.2, 0.25) is 0 Å². The quantitative estimate of drug-likeness (QED) is 0.754. The van der Waals surface area contributed by atoms with Crippen molar-refractivity contribution in [2.75, 3.05) is 5.33 Å². The molecule has 0 amide bonds. The number of hydrogen-bond donors (Lipinski definition) is 1. The van der Waals surface area contributed by atoms with E-state index < -0.39 is 0 Å². The summed E-state index contributed by atoms with van der Waals surface area (Å²) in [5.74, 6) is 0. The normalized spacial score (nSPS) is 10.8. The molecule has 2 aromatic rings. The highest BCUT2D eigenvalue weighted by Gasteiger charge is 1.99. The smallest absolute Gasteiger partial charge is 0.0486 e. The van der Waals surface area contributed by atoms with Gasteiger partial charge in [-0.05, 0) is 23.4 Å². The lowest BCUT2D eigenvalue weighted by atomic mass is 10.1. The van der Waals surface area contributed by atoms with Crippen LogP contribution in [-0.2, 0) is 6.42 Å². The molecule has 0 aliphatic carbocycles. The van der Waals surface area contributed by atoms with Gasteiger partial charge in [0.25, 0.3) is 0 Å². The summed E-state index contributed by atoms with van der Waals surface area (Å²) in [6.07, 6.45) is 3.07. The molecule has 0 aliphatic rings. The van der Waals surface area contributed by atoms with Gasteiger partial charge in [0.05, 0.1) is 0 Å². The van der Waals surface area contributed by atoms with E-state index in [9.17, 15) is 0 Å². The summed E-state index contributed by atoms with van der Waals surface area (Å²) in [6.45, 7) is 0. The highest BCUT2D eigenvalue weighted by Crippen LogP contribution is 2.17. The number of H-pyrrole nitrogens is 1. The van der Waals surface area contributed by atoms with Crippen LogP contribution < -0.4 is 0 Å². The maximum absolute atomic E-state index is 3.45. The molecule has 0 spiro atoms. The minimum atomic E-state index is 1.02. The van der Waals surface area contributed by atoms with E-state index >= 15 is 0 Å². The maximum atomic E-state index is 3.45. The van der Waals surface area contributed by atoms with Crippen molar-refractivity contribution in [1.29, 1.82) is 0 Å². The Labute approximate surface area is 79.9 Å². The number of nitrogens with one attached hydrogen (secondary N) is 1. The van der Waals surface area contributed by atoms with E-state index in [4.69, 9.17) is 0 Å². The van der Waals surface area contributed by atoms with Gasteiger partial charge in [-0.25, -0.2) is 0 Å². The van der Waals surface area contributed by atoms with E-state index in [0.717, 1.165) is 11.8 Å². The van der Waals surface area contributed by atoms with Crippen LogP contribution in [0.2, 0.25) is 0 Å². The van der Waals surface area contributed by atoms with Gasteiger partial charge in [0.15, 0.2) is 0 Å². The average molecular weight is 224 g/mol. The number of fused-ring (bicyclic) bond motifs is 1. The molecule has 62 valence electrons. The lowest BCUT2D eigenvalue weighted by Crippen LogP contribution is -1.86. The summed E-state index contributed by atoms with van der Waals surface area (Å²) in [7, 11) is 0. The molecule has 1 N–H and O–H groups in total. The van der Waals surface area contributed by atoms with Gasteiger partial charge in [-0.3, -0.25) is 0 Å². The second-order valence-electron chi connectivity index (χ2n) is 2.80. The zero-order valence-electron chi connectivity index (χ0n) is 6.68. The summed E-state index contributed by atoms with van der Waals surface area (Å²) in [5.41, 5.74) is 2.66. The van der Waals surface area contributed by atoms with Crippen LogP contribution in [0.5, 0.6) is 0 Å². The molecule has 0 radical (unpaired) electrons. The third-order valence-corrected chi connectivity index (χ3v) is 2.43. The van der Waals surface area contributed by atoms with Gasteiger partial charge in [-0.2, -0.15) is 0 Å². The van der Waals surface area contributed by atoms with Gasteiger partial charge >= 0.3 is 0 Å². The molecule has 2 heteroatoms. The molecule has 0 bridgehead atoms. The molecule has 1 aromatic heterocycles. The fraction of sp³-hybridized carbons (Fsp3) is 0.200. The van der Waals surface area contributed by atoms with Crippen LogP contribution in [0.15, 0.2) is 30.5 Å². The minimum Gasteiger partial charge on any atom is -0.361 e. The number of aryl methyl sites for hydroxylation is 1. The van der Waals surface area contributed by atoms with Crippen molar-refractivity contribution < 1.29 is 0 Å². The van der Waals surface area contributed by atoms with E-state index in [1.807, 2.05) is 6.20 Å². The number of hydrogen-bond acceptors (Lipinski definition) is 0. The third-order valence-electron chi connectivity index (χ3n) is 2.04. The second kappa shape index (κ2) is 3.31. The van der Waals surface area contributed by atoms with Crippen LogP contribution in [0.1, 0.15) is 5.56 Å². The highest BCUT2D eigenvalue weighted by atomic mass is 79.9. The number of aromatic amines is 1. The zero-order valence-corrected chi connectivity index (χ0v) is 8.26. The van der Waals surface area contributed by atoms with Crippen LogP contribution in [0.25, 0.3) is 10.9 Å². The Morgan fingerprint density at radius 3 is 3.00 bits per heavy atom. The first-order valence-electron chi connectivity index (χ1n) is 4.03. The van der Waals surface area contributed by atoms with Crippen molar-refractivity contribution in [2.45, 2.75) is 6.42 Å². The topological polar surface area (TPSA) is 15.8 Å². The molecule has 1 nitrogen and oxygen atoms in total. The first-order chi connectivity index (χ1) is 5.92. The van der Waals surface area contributed by atoms with E-state index in [1.54, 1.807) is 0 Å². The van der Waals surface area contributed by atoms with Crippen molar-refractivity contribution in [3.05, 3.63) is 36.0 Å². The Balaban J connectivity index is 2.57. The Hall–Kier alpha value is -0.760. The molecular weight excluding hydrogens is 214 g/mol. The lowest BCUT2D eigenvalue weighted by molar-refractivity contribution is 1.18. The van der Waals surface area contributed by atoms with Crippen molar-refractivity contribution in [3.63, 3.8) is 0 Å². The van der Waals surface area contributed by atoms with Crippen LogP contribution in [0.4, 0.5) is 0 Å². The van der Waals surface area contributed by atoms with Gasteiger partial charge in [-0.15, -0.1) is 0 Å². The molecule has 1 aromatic carbocycles. The molecular formula is C10H10BrN. The SMILES string of the molecule is BrCCc1cccc2cc[nH]c12. The molecule has 1 heterocycles. The predicted octanol–water partition coefficient (Wildman–Crippen LogP) is 3.11. The molecule has 2 rings (SSSR count). The van der Waals surface area contributed by atoms with Crippen LogP contribution in [0, 0.1) is 0 Å². The average Bonchev–Trinajstić information content (AvgIpc) is 2.53. The Bertz CT molecular complexity index is 378. The Kier molecular flexibility index (Phi) is 2.17. The van der Waals surface area contributed by atoms with E-state index in [0.29, 0.717) is 0 Å². The fourth-order valence-electron chi connectivity index (χ4n) is 1.46. The summed E-state index contributed by atoms with van der Waals surface area (Å²) in [4.78, 5) is 3.25.